The minimum atomic E-state index is -1.44. The molecule has 1 aromatic carbocycles. The number of nitrogens with zero attached hydrogens (tertiary/aromatic N) is 2. The molecule has 1 N–H and O–H groups in total. The van der Waals surface area contributed by atoms with E-state index < -0.39 is 29.3 Å². The van der Waals surface area contributed by atoms with Crippen LogP contribution in [0.25, 0.3) is 10.8 Å². The molecule has 0 spiro atoms. The predicted octanol–water partition coefficient (Wildman–Crippen LogP) is 4.24. The molecule has 9 heteroatoms. The van der Waals surface area contributed by atoms with Crippen molar-refractivity contribution in [2.45, 2.75) is 51.4 Å². The molecule has 0 aliphatic carbocycles. The van der Waals surface area contributed by atoms with Gasteiger partial charge in [0.05, 0.1) is 18.1 Å². The fourth-order valence-electron chi connectivity index (χ4n) is 3.45. The summed E-state index contributed by atoms with van der Waals surface area (Å²) in [5.74, 6) is -0.0764. The van der Waals surface area contributed by atoms with E-state index in [4.69, 9.17) is 14.2 Å². The highest BCUT2D eigenvalue weighted by Gasteiger charge is 2.52. The fourth-order valence-corrected chi connectivity index (χ4v) is 3.96. The van der Waals surface area contributed by atoms with Crippen LogP contribution in [-0.2, 0) is 9.53 Å². The van der Waals surface area contributed by atoms with Gasteiger partial charge in [0.25, 0.3) is 0 Å². The van der Waals surface area contributed by atoms with Gasteiger partial charge in [-0.15, -0.1) is 0 Å². The smallest absolute Gasteiger partial charge is 0.411 e. The van der Waals surface area contributed by atoms with Gasteiger partial charge in [-0.3, -0.25) is 4.90 Å². The van der Waals surface area contributed by atoms with Crippen LogP contribution in [-0.4, -0.2) is 58.0 Å². The molecule has 0 saturated carbocycles. The van der Waals surface area contributed by atoms with E-state index in [-0.39, 0.29) is 13.0 Å². The van der Waals surface area contributed by atoms with Gasteiger partial charge in [-0.25, -0.2) is 14.6 Å². The lowest BCUT2D eigenvalue weighted by atomic mass is 9.98. The maximum Gasteiger partial charge on any atom is 0.411 e. The van der Waals surface area contributed by atoms with Crippen LogP contribution in [0.5, 0.6) is 11.6 Å². The third-order valence-electron chi connectivity index (χ3n) is 4.96. The van der Waals surface area contributed by atoms with Crippen LogP contribution in [0.2, 0.25) is 0 Å². The number of ether oxygens (including phenoxy) is 3. The van der Waals surface area contributed by atoms with Gasteiger partial charge in [0.2, 0.25) is 5.88 Å². The molecule has 1 aromatic heterocycles. The lowest BCUT2D eigenvalue weighted by Gasteiger charge is -2.32. The van der Waals surface area contributed by atoms with Gasteiger partial charge in [0.1, 0.15) is 23.0 Å². The number of pyridine rings is 1. The number of rotatable bonds is 4. The van der Waals surface area contributed by atoms with Gasteiger partial charge in [0.15, 0.2) is 0 Å². The largest absolute Gasteiger partial charge is 0.496 e. The summed E-state index contributed by atoms with van der Waals surface area (Å²) in [6, 6.07) is 5.53. The number of carboxylic acids is 1. The number of hydrogen-bond acceptors (Lipinski definition) is 6. The van der Waals surface area contributed by atoms with Crippen molar-refractivity contribution in [1.82, 2.24) is 9.88 Å². The highest BCUT2D eigenvalue weighted by Crippen LogP contribution is 2.37. The third-order valence-corrected chi connectivity index (χ3v) is 5.58. The molecule has 2 aromatic rings. The number of amides is 1. The monoisotopic (exact) mass is 480 g/mol. The number of aromatic nitrogens is 1. The Morgan fingerprint density at radius 1 is 1.33 bits per heavy atom. The molecule has 1 aliphatic heterocycles. The first kappa shape index (κ1) is 22.1. The number of carboxylic acid groups (broad SMARTS) is 1. The predicted molar refractivity (Wildman–Crippen MR) is 114 cm³/mol. The van der Waals surface area contributed by atoms with E-state index in [2.05, 4.69) is 20.9 Å². The normalized spacial score (nSPS) is 21.5. The zero-order valence-electron chi connectivity index (χ0n) is 17.6. The van der Waals surface area contributed by atoms with Gasteiger partial charge in [0, 0.05) is 18.0 Å². The van der Waals surface area contributed by atoms with Crippen LogP contribution in [0.3, 0.4) is 0 Å². The van der Waals surface area contributed by atoms with Crippen LogP contribution < -0.4 is 9.47 Å². The maximum absolute atomic E-state index is 12.7. The Hall–Kier alpha value is -2.55. The molecular weight excluding hydrogens is 456 g/mol. The van der Waals surface area contributed by atoms with Crippen molar-refractivity contribution in [2.24, 2.45) is 0 Å². The Balaban J connectivity index is 1.90. The number of likely N-dealkylation sites (tertiary alicyclic amines) is 1. The summed E-state index contributed by atoms with van der Waals surface area (Å²) in [6.45, 7) is 6.78. The molecule has 0 radical (unpaired) electrons. The molecule has 1 fully saturated rings. The molecule has 1 amide bonds. The molecular formula is C21H25BrN2O6. The standard InChI is InChI=1S/C21H25BrN2O6/c1-20(2,3)30-19(27)24-11-13(10-21(24,4)18(25)26)29-17-14-9-15(22)16(28-5)8-12(14)6-7-23-17/h6-9,13H,10-11H2,1-5H3,(H,25,26)/t13-,21+/m1/s1. The molecule has 8 nitrogen and oxygen atoms in total. The SMILES string of the molecule is COc1cc2ccnc(O[C@H]3CN(C(=O)OC(C)(C)C)[C@](C)(C(=O)O)C3)c2cc1Br. The second-order valence-electron chi connectivity index (χ2n) is 8.44. The number of halogens is 1. The first-order chi connectivity index (χ1) is 13.9. The van der Waals surface area contributed by atoms with E-state index in [1.807, 2.05) is 18.2 Å². The van der Waals surface area contributed by atoms with E-state index in [1.165, 1.54) is 11.8 Å². The number of aliphatic carboxylic acids is 1. The number of fused-ring (bicyclic) bond motifs is 1. The first-order valence-electron chi connectivity index (χ1n) is 9.47. The minimum Gasteiger partial charge on any atom is -0.496 e. The fraction of sp³-hybridized carbons (Fsp3) is 0.476. The minimum absolute atomic E-state index is 0.0765. The van der Waals surface area contributed by atoms with Gasteiger partial charge in [-0.05, 0) is 67.2 Å². The van der Waals surface area contributed by atoms with Crippen molar-refractivity contribution in [1.29, 1.82) is 0 Å². The second-order valence-corrected chi connectivity index (χ2v) is 9.29. The summed E-state index contributed by atoms with van der Waals surface area (Å²) in [5.41, 5.74) is -2.18. The number of hydrogen-bond donors (Lipinski definition) is 1. The van der Waals surface area contributed by atoms with Crippen LogP contribution in [0.15, 0.2) is 28.9 Å². The summed E-state index contributed by atoms with van der Waals surface area (Å²) in [6.07, 6.45) is 0.480. The van der Waals surface area contributed by atoms with E-state index >= 15 is 0 Å². The number of carbonyl (C=O) groups excluding carboxylic acids is 1. The molecule has 0 bridgehead atoms. The van der Waals surface area contributed by atoms with Crippen molar-refractivity contribution in [2.75, 3.05) is 13.7 Å². The van der Waals surface area contributed by atoms with Crippen LogP contribution in [0.4, 0.5) is 4.79 Å². The summed E-state index contributed by atoms with van der Waals surface area (Å²) in [7, 11) is 1.58. The summed E-state index contributed by atoms with van der Waals surface area (Å²) < 4.78 is 17.6. The summed E-state index contributed by atoms with van der Waals surface area (Å²) >= 11 is 3.46. The number of carbonyl (C=O) groups is 2. The lowest BCUT2D eigenvalue weighted by Crippen LogP contribution is -2.52. The summed E-state index contributed by atoms with van der Waals surface area (Å²) in [4.78, 5) is 30.2. The van der Waals surface area contributed by atoms with Gasteiger partial charge < -0.3 is 19.3 Å². The third kappa shape index (κ3) is 4.30. The molecule has 2 atom stereocenters. The van der Waals surface area contributed by atoms with Crippen molar-refractivity contribution < 1.29 is 28.9 Å². The zero-order valence-corrected chi connectivity index (χ0v) is 19.1. The topological polar surface area (TPSA) is 98.2 Å². The number of benzene rings is 1. The van der Waals surface area contributed by atoms with E-state index in [0.29, 0.717) is 11.6 Å². The molecule has 3 rings (SSSR count). The summed E-state index contributed by atoms with van der Waals surface area (Å²) in [5, 5.41) is 11.4. The van der Waals surface area contributed by atoms with Crippen LogP contribution >= 0.6 is 15.9 Å². The second kappa shape index (κ2) is 7.94. The van der Waals surface area contributed by atoms with Gasteiger partial charge in [-0.2, -0.15) is 0 Å². The highest BCUT2D eigenvalue weighted by molar-refractivity contribution is 9.10. The average molecular weight is 481 g/mol. The van der Waals surface area contributed by atoms with Crippen LogP contribution in [0, 0.1) is 0 Å². The Labute approximate surface area is 183 Å². The molecule has 2 heterocycles. The highest BCUT2D eigenvalue weighted by atomic mass is 79.9. The Morgan fingerprint density at radius 2 is 2.03 bits per heavy atom. The molecule has 1 saturated heterocycles. The van der Waals surface area contributed by atoms with Crippen molar-refractivity contribution in [3.63, 3.8) is 0 Å². The van der Waals surface area contributed by atoms with E-state index in [1.54, 1.807) is 34.1 Å². The Kier molecular flexibility index (Phi) is 5.86. The van der Waals surface area contributed by atoms with Crippen LogP contribution in [0.1, 0.15) is 34.1 Å². The van der Waals surface area contributed by atoms with Gasteiger partial charge in [-0.1, -0.05) is 0 Å². The van der Waals surface area contributed by atoms with Crippen molar-refractivity contribution >= 4 is 38.8 Å². The molecule has 1 aliphatic rings. The zero-order chi connectivity index (χ0) is 22.3. The Bertz CT molecular complexity index is 989. The van der Waals surface area contributed by atoms with Gasteiger partial charge >= 0.3 is 12.1 Å². The van der Waals surface area contributed by atoms with E-state index in [9.17, 15) is 14.7 Å². The average Bonchev–Trinajstić information content (AvgIpc) is 2.98. The maximum atomic E-state index is 12.7. The molecule has 162 valence electrons. The quantitative estimate of drug-likeness (QED) is 0.698. The first-order valence-corrected chi connectivity index (χ1v) is 10.3. The van der Waals surface area contributed by atoms with Crippen molar-refractivity contribution in [3.8, 4) is 11.6 Å². The number of methoxy groups -OCH3 is 1. The molecule has 0 unspecified atom stereocenters. The Morgan fingerprint density at radius 3 is 2.63 bits per heavy atom. The van der Waals surface area contributed by atoms with E-state index in [0.717, 1.165) is 15.2 Å². The molecule has 30 heavy (non-hydrogen) atoms. The lowest BCUT2D eigenvalue weighted by molar-refractivity contribution is -0.148. The van der Waals surface area contributed by atoms with Crippen molar-refractivity contribution in [3.05, 3.63) is 28.9 Å².